The van der Waals surface area contributed by atoms with Crippen LogP contribution < -0.4 is 15.0 Å². The van der Waals surface area contributed by atoms with E-state index in [1.165, 1.54) is 6.07 Å². The lowest BCUT2D eigenvalue weighted by atomic mass is 9.95. The maximum absolute atomic E-state index is 16.5. The first-order chi connectivity index (χ1) is 19.5. The number of hydrogen-bond acceptors (Lipinski definition) is 9. The molecule has 40 heavy (non-hydrogen) atoms. The summed E-state index contributed by atoms with van der Waals surface area (Å²) < 4.78 is 22.8. The predicted octanol–water partition coefficient (Wildman–Crippen LogP) is 3.47. The van der Waals surface area contributed by atoms with E-state index in [4.69, 9.17) is 9.72 Å². The molecule has 0 bridgehead atoms. The number of pyridine rings is 1. The molecule has 2 aromatic carbocycles. The van der Waals surface area contributed by atoms with Crippen LogP contribution in [0.25, 0.3) is 32.9 Å². The van der Waals surface area contributed by atoms with Gasteiger partial charge in [-0.2, -0.15) is 9.97 Å². The van der Waals surface area contributed by atoms with Crippen molar-refractivity contribution in [2.45, 2.75) is 37.3 Å². The van der Waals surface area contributed by atoms with Crippen LogP contribution in [0, 0.1) is 5.82 Å². The third-order valence-electron chi connectivity index (χ3n) is 8.80. The number of nitrogens with zero attached hydrogens (tertiary/aromatic N) is 5. The first-order valence-electron chi connectivity index (χ1n) is 14.1. The Balaban J connectivity index is 1.35. The van der Waals surface area contributed by atoms with Crippen LogP contribution in [-0.2, 0) is 0 Å². The largest absolute Gasteiger partial charge is 0.508 e. The first kappa shape index (κ1) is 25.4. The molecule has 2 aromatic heterocycles. The average molecular weight is 545 g/mol. The van der Waals surface area contributed by atoms with Crippen molar-refractivity contribution in [3.05, 3.63) is 48.4 Å². The lowest BCUT2D eigenvalue weighted by Crippen LogP contribution is -2.52. The van der Waals surface area contributed by atoms with E-state index in [-0.39, 0.29) is 41.2 Å². The number of aromatic hydroxyl groups is 1. The monoisotopic (exact) mass is 544 g/mol. The standard InChI is InChI=1S/C30H33FN6O3/c31-25-26(23-14-21(39)13-19-5-1-2-6-22(19)23)33-15-24-27(25)34-29(35-28(24)36-12-9-32-20(16-36)17-38)40-18-30-7-3-10-37(30)11-4-8-30/h1-2,5-6,13-15,20,32,38-39H,3-4,7-12,16-18H2. The molecule has 3 aliphatic rings. The molecular weight excluding hydrogens is 511 g/mol. The van der Waals surface area contributed by atoms with Crippen LogP contribution in [0.5, 0.6) is 11.8 Å². The van der Waals surface area contributed by atoms with Crippen molar-refractivity contribution in [3.63, 3.8) is 0 Å². The SMILES string of the molecule is OCC1CN(c2nc(OCC34CCCN3CCC4)nc3c(F)c(-c4cc(O)cc5ccccc45)ncc23)CCN1. The highest BCUT2D eigenvalue weighted by Crippen LogP contribution is 2.40. The number of halogens is 1. The molecule has 0 amide bonds. The van der Waals surface area contributed by atoms with Crippen LogP contribution in [0.3, 0.4) is 0 Å². The molecule has 9 nitrogen and oxygen atoms in total. The van der Waals surface area contributed by atoms with Gasteiger partial charge in [-0.3, -0.25) is 9.88 Å². The number of phenolic OH excluding ortho intramolecular Hbond substituents is 1. The van der Waals surface area contributed by atoms with E-state index in [1.807, 2.05) is 29.2 Å². The van der Waals surface area contributed by atoms with E-state index in [0.717, 1.165) is 49.5 Å². The van der Waals surface area contributed by atoms with Crippen LogP contribution >= 0.6 is 0 Å². The zero-order chi connectivity index (χ0) is 27.3. The maximum atomic E-state index is 16.5. The van der Waals surface area contributed by atoms with Crippen LogP contribution in [0.2, 0.25) is 0 Å². The number of aliphatic hydroxyl groups excluding tert-OH is 1. The Hall–Kier alpha value is -3.60. The van der Waals surface area contributed by atoms with E-state index < -0.39 is 5.82 Å². The summed E-state index contributed by atoms with van der Waals surface area (Å²) in [5.74, 6) is -0.00168. The number of hydrogen-bond donors (Lipinski definition) is 3. The molecule has 1 unspecified atom stereocenters. The number of aliphatic hydroxyl groups is 1. The summed E-state index contributed by atoms with van der Waals surface area (Å²) in [6.07, 6.45) is 6.07. The number of fused-ring (bicyclic) bond motifs is 3. The van der Waals surface area contributed by atoms with Crippen molar-refractivity contribution in [2.75, 3.05) is 50.8 Å². The highest BCUT2D eigenvalue weighted by molar-refractivity contribution is 5.99. The number of anilines is 1. The normalized spacial score (nSPS) is 20.9. The molecule has 208 valence electrons. The topological polar surface area (TPSA) is 107 Å². The summed E-state index contributed by atoms with van der Waals surface area (Å²) in [7, 11) is 0. The average Bonchev–Trinajstić information content (AvgIpc) is 3.56. The Labute approximate surface area is 231 Å². The Kier molecular flexibility index (Phi) is 6.41. The van der Waals surface area contributed by atoms with E-state index in [2.05, 4.69) is 20.2 Å². The number of nitrogens with one attached hydrogen (secondary N) is 1. The summed E-state index contributed by atoms with van der Waals surface area (Å²) in [5.41, 5.74) is 0.730. The van der Waals surface area contributed by atoms with Gasteiger partial charge < -0.3 is 25.2 Å². The van der Waals surface area contributed by atoms with Crippen molar-refractivity contribution < 1.29 is 19.3 Å². The van der Waals surface area contributed by atoms with Gasteiger partial charge in [0.15, 0.2) is 5.82 Å². The van der Waals surface area contributed by atoms with Gasteiger partial charge in [-0.15, -0.1) is 0 Å². The van der Waals surface area contributed by atoms with Gasteiger partial charge in [0.2, 0.25) is 0 Å². The van der Waals surface area contributed by atoms with Crippen LogP contribution in [0.15, 0.2) is 42.6 Å². The smallest absolute Gasteiger partial charge is 0.319 e. The van der Waals surface area contributed by atoms with E-state index in [1.54, 1.807) is 12.3 Å². The third-order valence-corrected chi connectivity index (χ3v) is 8.80. The maximum Gasteiger partial charge on any atom is 0.319 e. The molecule has 3 saturated heterocycles. The van der Waals surface area contributed by atoms with Gasteiger partial charge in [-0.1, -0.05) is 24.3 Å². The minimum Gasteiger partial charge on any atom is -0.508 e. The Morgan fingerprint density at radius 1 is 1.07 bits per heavy atom. The molecule has 0 radical (unpaired) electrons. The lowest BCUT2D eigenvalue weighted by molar-refractivity contribution is 0.108. The van der Waals surface area contributed by atoms with E-state index in [9.17, 15) is 10.2 Å². The van der Waals surface area contributed by atoms with Crippen molar-refractivity contribution >= 4 is 27.5 Å². The molecule has 3 fully saturated rings. The van der Waals surface area contributed by atoms with Gasteiger partial charge in [0.25, 0.3) is 0 Å². The molecule has 3 aliphatic heterocycles. The van der Waals surface area contributed by atoms with Crippen LogP contribution in [0.4, 0.5) is 10.2 Å². The van der Waals surface area contributed by atoms with Crippen molar-refractivity contribution in [2.24, 2.45) is 0 Å². The predicted molar refractivity (Wildman–Crippen MR) is 151 cm³/mol. The molecule has 10 heteroatoms. The quantitative estimate of drug-likeness (QED) is 0.336. The van der Waals surface area contributed by atoms with E-state index in [0.29, 0.717) is 43.0 Å². The summed E-state index contributed by atoms with van der Waals surface area (Å²) in [6.45, 7) is 4.43. The van der Waals surface area contributed by atoms with Crippen LogP contribution in [0.1, 0.15) is 25.7 Å². The fourth-order valence-corrected chi connectivity index (χ4v) is 6.81. The number of aromatic nitrogens is 3. The molecule has 0 spiro atoms. The molecule has 5 heterocycles. The zero-order valence-electron chi connectivity index (χ0n) is 22.3. The Morgan fingerprint density at radius 2 is 1.90 bits per heavy atom. The second-order valence-corrected chi connectivity index (χ2v) is 11.2. The molecule has 4 aromatic rings. The second-order valence-electron chi connectivity index (χ2n) is 11.2. The number of piperazine rings is 1. The van der Waals surface area contributed by atoms with Gasteiger partial charge in [0.05, 0.1) is 17.5 Å². The Morgan fingerprint density at radius 3 is 2.73 bits per heavy atom. The van der Waals surface area contributed by atoms with Crippen LogP contribution in [-0.4, -0.2) is 87.6 Å². The molecule has 3 N–H and O–H groups in total. The summed E-state index contributed by atoms with van der Waals surface area (Å²) >= 11 is 0. The van der Waals surface area contributed by atoms with Gasteiger partial charge in [-0.25, -0.2) is 4.39 Å². The van der Waals surface area contributed by atoms with Crippen molar-refractivity contribution in [1.29, 1.82) is 0 Å². The van der Waals surface area contributed by atoms with Gasteiger partial charge >= 0.3 is 6.01 Å². The second kappa shape index (κ2) is 10.1. The number of benzene rings is 2. The van der Waals surface area contributed by atoms with Gasteiger partial charge in [0.1, 0.15) is 29.4 Å². The molecule has 0 saturated carbocycles. The highest BCUT2D eigenvalue weighted by Gasteiger charge is 2.45. The van der Waals surface area contributed by atoms with Crippen molar-refractivity contribution in [1.82, 2.24) is 25.2 Å². The lowest BCUT2D eigenvalue weighted by Gasteiger charge is -2.34. The van der Waals surface area contributed by atoms with Gasteiger partial charge in [0, 0.05) is 37.4 Å². The number of rotatable bonds is 6. The number of phenols is 1. The Bertz CT molecular complexity index is 1570. The molecular formula is C30H33FN6O3. The molecule has 1 atom stereocenters. The summed E-state index contributed by atoms with van der Waals surface area (Å²) in [5, 5.41) is 25.5. The minimum absolute atomic E-state index is 0.00205. The number of ether oxygens (including phenoxy) is 1. The third kappa shape index (κ3) is 4.31. The fraction of sp³-hybridized carbons (Fsp3) is 0.433. The van der Waals surface area contributed by atoms with E-state index >= 15 is 4.39 Å². The van der Waals surface area contributed by atoms with Crippen molar-refractivity contribution in [3.8, 4) is 23.0 Å². The molecule has 0 aliphatic carbocycles. The minimum atomic E-state index is -0.586. The summed E-state index contributed by atoms with van der Waals surface area (Å²) in [4.78, 5) is 18.5. The highest BCUT2D eigenvalue weighted by atomic mass is 19.1. The van der Waals surface area contributed by atoms with Gasteiger partial charge in [-0.05, 0) is 61.7 Å². The molecule has 7 rings (SSSR count). The summed E-state index contributed by atoms with van der Waals surface area (Å²) in [6, 6.07) is 10.7. The first-order valence-corrected chi connectivity index (χ1v) is 14.1. The fourth-order valence-electron chi connectivity index (χ4n) is 6.81. The zero-order valence-corrected chi connectivity index (χ0v) is 22.3.